The van der Waals surface area contributed by atoms with Crippen LogP contribution in [0, 0.1) is 5.92 Å². The fraction of sp³-hybridized carbons (Fsp3) is 0.350. The summed E-state index contributed by atoms with van der Waals surface area (Å²) in [5.74, 6) is -2.33. The molecule has 1 aliphatic heterocycles. The van der Waals surface area contributed by atoms with Gasteiger partial charge in [-0.3, -0.25) is 19.3 Å². The number of pyridine rings is 2. The first-order valence-corrected chi connectivity index (χ1v) is 9.62. The fourth-order valence-electron chi connectivity index (χ4n) is 3.57. The molecular formula is C20H19F3N6O2. The number of likely N-dealkylation sites (tertiary alicyclic amines) is 1. The van der Waals surface area contributed by atoms with Crippen LogP contribution in [0.25, 0.3) is 22.0 Å². The second kappa shape index (κ2) is 7.97. The number of hydrogen-bond donors (Lipinski definition) is 1. The molecule has 2 amide bonds. The van der Waals surface area contributed by atoms with E-state index in [1.54, 1.807) is 29.3 Å². The molecule has 162 valence electrons. The quantitative estimate of drug-likeness (QED) is 0.687. The van der Waals surface area contributed by atoms with Crippen molar-refractivity contribution >= 4 is 28.4 Å². The summed E-state index contributed by atoms with van der Waals surface area (Å²) in [4.78, 5) is 33.3. The number of anilines is 1. The van der Waals surface area contributed by atoms with Gasteiger partial charge in [0.1, 0.15) is 5.82 Å². The Morgan fingerprint density at radius 2 is 1.77 bits per heavy atom. The van der Waals surface area contributed by atoms with E-state index >= 15 is 0 Å². The molecule has 1 N–H and O–H groups in total. The molecule has 1 saturated heterocycles. The fourth-order valence-corrected chi connectivity index (χ4v) is 3.57. The number of carbonyl (C=O) groups excluding carboxylic acids is 2. The van der Waals surface area contributed by atoms with Crippen molar-refractivity contribution in [1.29, 1.82) is 0 Å². The molecule has 0 bridgehead atoms. The standard InChI is InChI=1S/C20H19F3N6O2/c1-28-11-15(10-26-28)16-6-13-7-17(25-9-14(13)8-24-16)27-18(30)12-2-4-29(5-3-12)19(31)20(21,22)23/h6-12H,2-5H2,1H3,(H,25,27,30). The van der Waals surface area contributed by atoms with Gasteiger partial charge in [0.25, 0.3) is 0 Å². The van der Waals surface area contributed by atoms with Crippen LogP contribution >= 0.6 is 0 Å². The van der Waals surface area contributed by atoms with Gasteiger partial charge in [0, 0.05) is 55.6 Å². The van der Waals surface area contributed by atoms with E-state index in [0.717, 1.165) is 26.9 Å². The van der Waals surface area contributed by atoms with Crippen LogP contribution in [0.3, 0.4) is 0 Å². The largest absolute Gasteiger partial charge is 0.471 e. The van der Waals surface area contributed by atoms with Gasteiger partial charge in [-0.05, 0) is 30.4 Å². The van der Waals surface area contributed by atoms with E-state index in [-0.39, 0.29) is 31.8 Å². The molecule has 0 spiro atoms. The van der Waals surface area contributed by atoms with Gasteiger partial charge in [0.15, 0.2) is 0 Å². The Balaban J connectivity index is 1.43. The highest BCUT2D eigenvalue weighted by Crippen LogP contribution is 2.26. The summed E-state index contributed by atoms with van der Waals surface area (Å²) in [5, 5.41) is 8.48. The zero-order valence-electron chi connectivity index (χ0n) is 16.6. The summed E-state index contributed by atoms with van der Waals surface area (Å²) in [6.45, 7) is -0.219. The molecule has 31 heavy (non-hydrogen) atoms. The SMILES string of the molecule is Cn1cc(-c2cc3cc(NC(=O)C4CCN(C(=O)C(F)(F)F)CC4)ncc3cn2)cn1. The van der Waals surface area contributed by atoms with E-state index in [4.69, 9.17) is 0 Å². The molecule has 4 rings (SSSR count). The molecule has 3 aromatic heterocycles. The van der Waals surface area contributed by atoms with Gasteiger partial charge in [-0.25, -0.2) is 4.98 Å². The lowest BCUT2D eigenvalue weighted by molar-refractivity contribution is -0.186. The molecule has 0 aliphatic carbocycles. The zero-order valence-corrected chi connectivity index (χ0v) is 16.6. The first kappa shape index (κ1) is 20.8. The number of aryl methyl sites for hydroxylation is 1. The second-order valence-corrected chi connectivity index (χ2v) is 7.44. The second-order valence-electron chi connectivity index (χ2n) is 7.44. The highest BCUT2D eigenvalue weighted by atomic mass is 19.4. The Bertz CT molecular complexity index is 1140. The molecule has 3 aromatic rings. The van der Waals surface area contributed by atoms with Crippen LogP contribution < -0.4 is 5.32 Å². The van der Waals surface area contributed by atoms with Crippen molar-refractivity contribution < 1.29 is 22.8 Å². The normalized spacial score (nSPS) is 15.3. The van der Waals surface area contributed by atoms with Gasteiger partial charge in [-0.15, -0.1) is 0 Å². The molecular weight excluding hydrogens is 413 g/mol. The minimum absolute atomic E-state index is 0.109. The van der Waals surface area contributed by atoms with Gasteiger partial charge in [-0.1, -0.05) is 0 Å². The highest BCUT2D eigenvalue weighted by Gasteiger charge is 2.43. The number of halogens is 3. The first-order chi connectivity index (χ1) is 14.7. The number of nitrogens with zero attached hydrogens (tertiary/aromatic N) is 5. The Morgan fingerprint density at radius 1 is 1.06 bits per heavy atom. The monoisotopic (exact) mass is 432 g/mol. The maximum Gasteiger partial charge on any atom is 0.471 e. The summed E-state index contributed by atoms with van der Waals surface area (Å²) in [7, 11) is 1.81. The topological polar surface area (TPSA) is 93.0 Å². The molecule has 0 aromatic carbocycles. The van der Waals surface area contributed by atoms with Gasteiger partial charge < -0.3 is 10.2 Å². The summed E-state index contributed by atoms with van der Waals surface area (Å²) in [6, 6.07) is 3.59. The van der Waals surface area contributed by atoms with Gasteiger partial charge in [0.05, 0.1) is 11.9 Å². The third kappa shape index (κ3) is 4.49. The lowest BCUT2D eigenvalue weighted by atomic mass is 9.96. The number of aromatic nitrogens is 4. The number of amides is 2. The van der Waals surface area contributed by atoms with Crippen molar-refractivity contribution in [3.8, 4) is 11.3 Å². The predicted molar refractivity (Wildman–Crippen MR) is 106 cm³/mol. The van der Waals surface area contributed by atoms with Crippen molar-refractivity contribution in [2.45, 2.75) is 19.0 Å². The molecule has 1 fully saturated rings. The number of rotatable bonds is 3. The van der Waals surface area contributed by atoms with E-state index in [9.17, 15) is 22.8 Å². The number of carbonyl (C=O) groups is 2. The minimum atomic E-state index is -4.90. The maximum absolute atomic E-state index is 12.6. The number of nitrogens with one attached hydrogen (secondary N) is 1. The van der Waals surface area contributed by atoms with Crippen LogP contribution in [0.1, 0.15) is 12.8 Å². The molecule has 8 nitrogen and oxygen atoms in total. The number of alkyl halides is 3. The average Bonchev–Trinajstić information content (AvgIpc) is 3.18. The number of fused-ring (bicyclic) bond motifs is 1. The molecule has 0 radical (unpaired) electrons. The predicted octanol–water partition coefficient (Wildman–Crippen LogP) is 2.77. The summed E-state index contributed by atoms with van der Waals surface area (Å²) in [5.41, 5.74) is 1.58. The van der Waals surface area contributed by atoms with Gasteiger partial charge in [0.2, 0.25) is 5.91 Å². The number of piperidine rings is 1. The van der Waals surface area contributed by atoms with Crippen molar-refractivity contribution in [1.82, 2.24) is 24.6 Å². The molecule has 4 heterocycles. The lowest BCUT2D eigenvalue weighted by Gasteiger charge is -2.31. The van der Waals surface area contributed by atoms with E-state index in [0.29, 0.717) is 5.82 Å². The average molecular weight is 432 g/mol. The highest BCUT2D eigenvalue weighted by molar-refractivity contribution is 5.94. The van der Waals surface area contributed by atoms with Crippen molar-refractivity contribution in [3.05, 3.63) is 36.9 Å². The lowest BCUT2D eigenvalue weighted by Crippen LogP contribution is -2.46. The smallest absolute Gasteiger partial charge is 0.335 e. The third-order valence-electron chi connectivity index (χ3n) is 5.25. The van der Waals surface area contributed by atoms with Crippen molar-refractivity contribution in [3.63, 3.8) is 0 Å². The summed E-state index contributed by atoms with van der Waals surface area (Å²) in [6.07, 6.45) is 2.25. The molecule has 11 heteroatoms. The van der Waals surface area contributed by atoms with E-state index in [2.05, 4.69) is 20.4 Å². The summed E-state index contributed by atoms with van der Waals surface area (Å²) < 4.78 is 39.3. The van der Waals surface area contributed by atoms with Gasteiger partial charge in [-0.2, -0.15) is 18.3 Å². The van der Waals surface area contributed by atoms with Crippen molar-refractivity contribution in [2.75, 3.05) is 18.4 Å². The first-order valence-electron chi connectivity index (χ1n) is 9.62. The van der Waals surface area contributed by atoms with Gasteiger partial charge >= 0.3 is 12.1 Å². The molecule has 0 saturated carbocycles. The Morgan fingerprint density at radius 3 is 2.42 bits per heavy atom. The van der Waals surface area contributed by atoms with Crippen LogP contribution in [0.5, 0.6) is 0 Å². The zero-order chi connectivity index (χ0) is 22.2. The van der Waals surface area contributed by atoms with E-state index in [1.807, 2.05) is 19.3 Å². The third-order valence-corrected chi connectivity index (χ3v) is 5.25. The van der Waals surface area contributed by atoms with Crippen LogP contribution in [0.2, 0.25) is 0 Å². The number of hydrogen-bond acceptors (Lipinski definition) is 5. The Hall–Kier alpha value is -3.50. The van der Waals surface area contributed by atoms with E-state index < -0.39 is 18.0 Å². The minimum Gasteiger partial charge on any atom is -0.335 e. The molecule has 0 atom stereocenters. The van der Waals surface area contributed by atoms with Crippen LogP contribution in [-0.4, -0.2) is 55.7 Å². The molecule has 0 unspecified atom stereocenters. The molecule has 1 aliphatic rings. The van der Waals surface area contributed by atoms with Crippen LogP contribution in [0.15, 0.2) is 36.9 Å². The van der Waals surface area contributed by atoms with Crippen LogP contribution in [-0.2, 0) is 16.6 Å². The Kier molecular flexibility index (Phi) is 5.34. The summed E-state index contributed by atoms with van der Waals surface area (Å²) >= 11 is 0. The maximum atomic E-state index is 12.6. The van der Waals surface area contributed by atoms with Crippen molar-refractivity contribution in [2.24, 2.45) is 13.0 Å². The van der Waals surface area contributed by atoms with E-state index in [1.165, 1.54) is 0 Å². The van der Waals surface area contributed by atoms with Crippen LogP contribution in [0.4, 0.5) is 19.0 Å². The Labute approximate surface area is 175 Å².